The van der Waals surface area contributed by atoms with E-state index in [2.05, 4.69) is 5.32 Å². The Morgan fingerprint density at radius 3 is 2.64 bits per heavy atom. The first-order valence-electron chi connectivity index (χ1n) is 7.48. The molecule has 3 rings (SSSR count). The summed E-state index contributed by atoms with van der Waals surface area (Å²) in [4.78, 5) is 12.2. The molecule has 114 valence electrons. The number of hydrogen-bond donors (Lipinski definition) is 2. The summed E-state index contributed by atoms with van der Waals surface area (Å²) in [7, 11) is 0. The Morgan fingerprint density at radius 2 is 1.95 bits per heavy atom. The molecule has 2 aromatic rings. The third-order valence-corrected chi connectivity index (χ3v) is 3.67. The molecule has 0 spiro atoms. The van der Waals surface area contributed by atoms with Gasteiger partial charge in [0, 0.05) is 11.3 Å². The number of carbonyl (C=O) groups excluding carboxylic acids is 1. The lowest BCUT2D eigenvalue weighted by Crippen LogP contribution is -2.12. The number of nitrogens with one attached hydrogen (secondary N) is 1. The second-order valence-electron chi connectivity index (χ2n) is 5.59. The molecule has 0 unspecified atom stereocenters. The molecule has 1 fully saturated rings. The van der Waals surface area contributed by atoms with Crippen LogP contribution in [0.3, 0.4) is 0 Å². The average Bonchev–Trinajstić information content (AvgIpc) is 3.38. The molecule has 0 aromatic heterocycles. The van der Waals surface area contributed by atoms with Gasteiger partial charge in [0.1, 0.15) is 5.75 Å². The van der Waals surface area contributed by atoms with Crippen molar-refractivity contribution >= 4 is 11.6 Å². The van der Waals surface area contributed by atoms with E-state index in [9.17, 15) is 4.79 Å². The Morgan fingerprint density at radius 1 is 1.18 bits per heavy atom. The van der Waals surface area contributed by atoms with Crippen molar-refractivity contribution in [3.05, 3.63) is 59.7 Å². The fraction of sp³-hybridized carbons (Fsp3) is 0.278. The first kappa shape index (κ1) is 14.6. The zero-order valence-corrected chi connectivity index (χ0v) is 12.3. The smallest absolute Gasteiger partial charge is 0.255 e. The molecule has 0 heterocycles. The van der Waals surface area contributed by atoms with Crippen molar-refractivity contribution in [1.29, 1.82) is 0 Å². The molecule has 4 heteroatoms. The van der Waals surface area contributed by atoms with E-state index in [1.807, 2.05) is 18.2 Å². The highest BCUT2D eigenvalue weighted by molar-refractivity contribution is 6.04. The molecular weight excluding hydrogens is 278 g/mol. The number of anilines is 1. The van der Waals surface area contributed by atoms with Crippen molar-refractivity contribution in [3.8, 4) is 5.75 Å². The van der Waals surface area contributed by atoms with Gasteiger partial charge in [0.15, 0.2) is 0 Å². The minimum atomic E-state index is -0.177. The number of aliphatic hydroxyl groups is 1. The van der Waals surface area contributed by atoms with E-state index in [1.54, 1.807) is 30.3 Å². The lowest BCUT2D eigenvalue weighted by Gasteiger charge is -2.08. The van der Waals surface area contributed by atoms with Gasteiger partial charge in [-0.05, 0) is 60.7 Å². The molecule has 0 radical (unpaired) electrons. The monoisotopic (exact) mass is 297 g/mol. The van der Waals surface area contributed by atoms with Gasteiger partial charge < -0.3 is 15.2 Å². The topological polar surface area (TPSA) is 58.6 Å². The number of rotatable bonds is 6. The van der Waals surface area contributed by atoms with Crippen molar-refractivity contribution in [2.75, 3.05) is 11.9 Å². The van der Waals surface area contributed by atoms with E-state index in [0.717, 1.165) is 17.9 Å². The van der Waals surface area contributed by atoms with Crippen LogP contribution in [0.4, 0.5) is 5.69 Å². The predicted molar refractivity (Wildman–Crippen MR) is 85.0 cm³/mol. The largest absolute Gasteiger partial charge is 0.493 e. The second-order valence-corrected chi connectivity index (χ2v) is 5.59. The van der Waals surface area contributed by atoms with Gasteiger partial charge in [-0.15, -0.1) is 0 Å². The number of aliphatic hydroxyl groups excluding tert-OH is 1. The number of carbonyl (C=O) groups is 1. The van der Waals surface area contributed by atoms with E-state index >= 15 is 0 Å². The molecule has 0 aliphatic heterocycles. The van der Waals surface area contributed by atoms with Gasteiger partial charge in [0.25, 0.3) is 5.91 Å². The van der Waals surface area contributed by atoms with E-state index in [4.69, 9.17) is 9.84 Å². The highest BCUT2D eigenvalue weighted by atomic mass is 16.5. The van der Waals surface area contributed by atoms with Crippen LogP contribution < -0.4 is 10.1 Å². The maximum Gasteiger partial charge on any atom is 0.255 e. The summed E-state index contributed by atoms with van der Waals surface area (Å²) < 4.78 is 5.65. The van der Waals surface area contributed by atoms with E-state index in [0.29, 0.717) is 17.2 Å². The predicted octanol–water partition coefficient (Wildman–Crippen LogP) is 3.22. The maximum absolute atomic E-state index is 12.2. The van der Waals surface area contributed by atoms with Gasteiger partial charge in [-0.1, -0.05) is 12.1 Å². The molecule has 1 amide bonds. The van der Waals surface area contributed by atoms with Gasteiger partial charge in [-0.2, -0.15) is 0 Å². The molecule has 2 aromatic carbocycles. The van der Waals surface area contributed by atoms with Crippen LogP contribution in [0.2, 0.25) is 0 Å². The van der Waals surface area contributed by atoms with Crippen molar-refractivity contribution in [1.82, 2.24) is 0 Å². The van der Waals surface area contributed by atoms with Crippen LogP contribution in [0.25, 0.3) is 0 Å². The lowest BCUT2D eigenvalue weighted by atomic mass is 10.1. The Bertz CT molecular complexity index is 648. The molecule has 0 atom stereocenters. The van der Waals surface area contributed by atoms with Crippen molar-refractivity contribution in [3.63, 3.8) is 0 Å². The average molecular weight is 297 g/mol. The van der Waals surface area contributed by atoms with Gasteiger partial charge in [-0.3, -0.25) is 4.79 Å². The number of amides is 1. The van der Waals surface area contributed by atoms with Crippen molar-refractivity contribution in [2.24, 2.45) is 5.92 Å². The summed E-state index contributed by atoms with van der Waals surface area (Å²) in [5, 5.41) is 11.9. The Hall–Kier alpha value is -2.33. The molecule has 22 heavy (non-hydrogen) atoms. The van der Waals surface area contributed by atoms with Crippen LogP contribution in [0.1, 0.15) is 28.8 Å². The highest BCUT2D eigenvalue weighted by Gasteiger charge is 2.21. The standard InChI is InChI=1S/C18H19NO3/c20-11-14-2-1-3-16(10-14)19-18(21)15-6-8-17(9-7-15)22-12-13-4-5-13/h1-3,6-10,13,20H,4-5,11-12H2,(H,19,21). The normalized spacial score (nSPS) is 13.7. The van der Waals surface area contributed by atoms with E-state index < -0.39 is 0 Å². The minimum absolute atomic E-state index is 0.0449. The van der Waals surface area contributed by atoms with Crippen LogP contribution in [-0.4, -0.2) is 17.6 Å². The third-order valence-electron chi connectivity index (χ3n) is 3.67. The molecule has 0 bridgehead atoms. The summed E-state index contributed by atoms with van der Waals surface area (Å²) >= 11 is 0. The number of ether oxygens (including phenoxy) is 1. The first-order chi connectivity index (χ1) is 10.7. The van der Waals surface area contributed by atoms with Crippen LogP contribution in [0.5, 0.6) is 5.75 Å². The molecule has 1 saturated carbocycles. The zero-order chi connectivity index (χ0) is 15.4. The SMILES string of the molecule is O=C(Nc1cccc(CO)c1)c1ccc(OCC2CC2)cc1. The summed E-state index contributed by atoms with van der Waals surface area (Å²) in [6.07, 6.45) is 2.51. The minimum Gasteiger partial charge on any atom is -0.493 e. The van der Waals surface area contributed by atoms with Gasteiger partial charge in [0.2, 0.25) is 0 Å². The number of hydrogen-bond acceptors (Lipinski definition) is 3. The zero-order valence-electron chi connectivity index (χ0n) is 12.3. The molecule has 4 nitrogen and oxygen atoms in total. The molecule has 1 aliphatic carbocycles. The summed E-state index contributed by atoms with van der Waals surface area (Å²) in [6, 6.07) is 14.3. The maximum atomic E-state index is 12.2. The number of benzene rings is 2. The Kier molecular flexibility index (Phi) is 4.39. The van der Waals surface area contributed by atoms with Crippen molar-refractivity contribution < 1.29 is 14.6 Å². The molecular formula is C18H19NO3. The molecule has 1 aliphatic rings. The summed E-state index contributed by atoms with van der Waals surface area (Å²) in [5.41, 5.74) is 2.01. The second kappa shape index (κ2) is 6.62. The Labute approximate surface area is 129 Å². The Balaban J connectivity index is 1.61. The fourth-order valence-electron chi connectivity index (χ4n) is 2.15. The molecule has 2 N–H and O–H groups in total. The lowest BCUT2D eigenvalue weighted by molar-refractivity contribution is 0.102. The van der Waals surface area contributed by atoms with Gasteiger partial charge in [0.05, 0.1) is 13.2 Å². The summed E-state index contributed by atoms with van der Waals surface area (Å²) in [6.45, 7) is 0.718. The van der Waals surface area contributed by atoms with E-state index in [1.165, 1.54) is 12.8 Å². The van der Waals surface area contributed by atoms with Crippen LogP contribution in [-0.2, 0) is 6.61 Å². The first-order valence-corrected chi connectivity index (χ1v) is 7.48. The van der Waals surface area contributed by atoms with Crippen molar-refractivity contribution in [2.45, 2.75) is 19.4 Å². The molecule has 0 saturated heterocycles. The van der Waals surface area contributed by atoms with E-state index in [-0.39, 0.29) is 12.5 Å². The summed E-state index contributed by atoms with van der Waals surface area (Å²) in [5.74, 6) is 1.33. The van der Waals surface area contributed by atoms with Gasteiger partial charge >= 0.3 is 0 Å². The van der Waals surface area contributed by atoms with Crippen LogP contribution >= 0.6 is 0 Å². The fourth-order valence-corrected chi connectivity index (χ4v) is 2.15. The third kappa shape index (κ3) is 3.86. The van der Waals surface area contributed by atoms with Crippen LogP contribution in [0.15, 0.2) is 48.5 Å². The quantitative estimate of drug-likeness (QED) is 0.860. The van der Waals surface area contributed by atoms with Crippen LogP contribution in [0, 0.1) is 5.92 Å². The highest BCUT2D eigenvalue weighted by Crippen LogP contribution is 2.29. The van der Waals surface area contributed by atoms with Gasteiger partial charge in [-0.25, -0.2) is 0 Å².